The highest BCUT2D eigenvalue weighted by molar-refractivity contribution is 7.15. The third kappa shape index (κ3) is 4.01. The van der Waals surface area contributed by atoms with E-state index in [1.165, 1.54) is 9.78 Å². The fourth-order valence-electron chi connectivity index (χ4n) is 3.49. The number of thiophene rings is 1. The van der Waals surface area contributed by atoms with Crippen LogP contribution in [0.1, 0.15) is 45.5 Å². The van der Waals surface area contributed by atoms with Crippen molar-refractivity contribution in [1.82, 2.24) is 19.7 Å². The zero-order chi connectivity index (χ0) is 23.0. The van der Waals surface area contributed by atoms with Gasteiger partial charge in [-0.25, -0.2) is 9.67 Å². The predicted molar refractivity (Wildman–Crippen MR) is 128 cm³/mol. The number of aryl methyl sites for hydroxylation is 1. The van der Waals surface area contributed by atoms with Crippen LogP contribution in [0.4, 0.5) is 5.69 Å². The lowest BCUT2D eigenvalue weighted by atomic mass is 10.1. The first-order valence-electron chi connectivity index (χ1n) is 10.3. The van der Waals surface area contributed by atoms with Crippen molar-refractivity contribution in [2.24, 2.45) is 0 Å². The van der Waals surface area contributed by atoms with Crippen molar-refractivity contribution in [3.8, 4) is 10.6 Å². The summed E-state index contributed by atoms with van der Waals surface area (Å²) in [5, 5.41) is 8.07. The lowest BCUT2D eigenvalue weighted by Crippen LogP contribution is -2.24. The number of carbonyl (C=O) groups excluding carboxylic acids is 2. The van der Waals surface area contributed by atoms with Crippen LogP contribution >= 0.6 is 11.3 Å². The number of nitrogens with one attached hydrogen (secondary N) is 1. The van der Waals surface area contributed by atoms with E-state index in [0.29, 0.717) is 27.8 Å². The quantitative estimate of drug-likeness (QED) is 0.467. The molecule has 0 bridgehead atoms. The zero-order valence-electron chi connectivity index (χ0n) is 18.7. The van der Waals surface area contributed by atoms with Crippen molar-refractivity contribution in [3.63, 3.8) is 0 Å². The number of fused-ring (bicyclic) bond motifs is 1. The molecule has 4 rings (SSSR count). The summed E-state index contributed by atoms with van der Waals surface area (Å²) in [6.45, 7) is 6.09. The van der Waals surface area contributed by atoms with Gasteiger partial charge < -0.3 is 10.2 Å². The van der Waals surface area contributed by atoms with E-state index in [4.69, 9.17) is 4.98 Å². The molecule has 3 heterocycles. The molecule has 0 aliphatic carbocycles. The van der Waals surface area contributed by atoms with E-state index in [9.17, 15) is 9.59 Å². The highest BCUT2D eigenvalue weighted by Gasteiger charge is 2.21. The molecule has 4 aromatic rings. The number of benzene rings is 1. The Labute approximate surface area is 190 Å². The normalized spacial score (nSPS) is 11.2. The van der Waals surface area contributed by atoms with Gasteiger partial charge in [-0.15, -0.1) is 11.3 Å². The van der Waals surface area contributed by atoms with Gasteiger partial charge in [0.05, 0.1) is 39.0 Å². The van der Waals surface area contributed by atoms with Gasteiger partial charge in [0, 0.05) is 25.0 Å². The van der Waals surface area contributed by atoms with E-state index in [2.05, 4.69) is 10.4 Å². The van der Waals surface area contributed by atoms with Gasteiger partial charge >= 0.3 is 0 Å². The van der Waals surface area contributed by atoms with Crippen molar-refractivity contribution in [2.45, 2.75) is 26.8 Å². The number of hydrogen-bond donors (Lipinski definition) is 1. The second-order valence-corrected chi connectivity index (χ2v) is 9.37. The third-order valence-electron chi connectivity index (χ3n) is 5.11. The fourth-order valence-corrected chi connectivity index (χ4v) is 4.32. The Hall–Kier alpha value is -3.52. The number of nitrogens with zero attached hydrogens (tertiary/aromatic N) is 4. The van der Waals surface area contributed by atoms with Gasteiger partial charge in [-0.05, 0) is 51.1 Å². The van der Waals surface area contributed by atoms with Gasteiger partial charge in [0.2, 0.25) is 0 Å². The minimum atomic E-state index is -0.311. The maximum Gasteiger partial charge on any atom is 0.256 e. The molecule has 0 saturated carbocycles. The van der Waals surface area contributed by atoms with Gasteiger partial charge in [0.15, 0.2) is 5.65 Å². The molecule has 8 heteroatoms. The molecule has 0 atom stereocenters. The Morgan fingerprint density at radius 2 is 1.84 bits per heavy atom. The van der Waals surface area contributed by atoms with Gasteiger partial charge in [0.1, 0.15) is 0 Å². The Bertz CT molecular complexity index is 1320. The lowest BCUT2D eigenvalue weighted by molar-refractivity contribution is 0.0828. The first-order valence-corrected chi connectivity index (χ1v) is 11.1. The summed E-state index contributed by atoms with van der Waals surface area (Å²) >= 11 is 1.63. The van der Waals surface area contributed by atoms with Crippen LogP contribution in [0.25, 0.3) is 21.6 Å². The molecular weight excluding hydrogens is 422 g/mol. The van der Waals surface area contributed by atoms with Crippen LogP contribution in [0.15, 0.2) is 48.7 Å². The summed E-state index contributed by atoms with van der Waals surface area (Å²) in [6, 6.07) is 12.9. The maximum atomic E-state index is 13.4. The van der Waals surface area contributed by atoms with Gasteiger partial charge in [-0.3, -0.25) is 9.59 Å². The topological polar surface area (TPSA) is 80.1 Å². The number of hydrogen-bond acceptors (Lipinski definition) is 5. The Kier molecular flexibility index (Phi) is 5.80. The summed E-state index contributed by atoms with van der Waals surface area (Å²) in [6.07, 6.45) is 1.68. The summed E-state index contributed by atoms with van der Waals surface area (Å²) in [7, 11) is 3.37. The number of rotatable bonds is 5. The van der Waals surface area contributed by atoms with Crippen LogP contribution in [-0.4, -0.2) is 45.6 Å². The van der Waals surface area contributed by atoms with Crippen molar-refractivity contribution in [2.75, 3.05) is 19.4 Å². The minimum absolute atomic E-state index is 0.0923. The van der Waals surface area contributed by atoms with Gasteiger partial charge in [0.25, 0.3) is 11.8 Å². The third-order valence-corrected chi connectivity index (χ3v) is 6.13. The number of amides is 2. The zero-order valence-corrected chi connectivity index (χ0v) is 19.5. The number of anilines is 1. The van der Waals surface area contributed by atoms with E-state index < -0.39 is 0 Å². The van der Waals surface area contributed by atoms with Crippen LogP contribution < -0.4 is 5.32 Å². The van der Waals surface area contributed by atoms with Crippen LogP contribution in [0, 0.1) is 6.92 Å². The Balaban J connectivity index is 1.82. The average Bonchev–Trinajstić information content (AvgIpc) is 3.39. The number of para-hydroxylation sites is 1. The molecule has 0 unspecified atom stereocenters. The molecule has 32 heavy (non-hydrogen) atoms. The molecule has 0 spiro atoms. The van der Waals surface area contributed by atoms with Crippen molar-refractivity contribution in [1.29, 1.82) is 0 Å². The molecule has 1 aromatic carbocycles. The Morgan fingerprint density at radius 3 is 2.50 bits per heavy atom. The highest BCUT2D eigenvalue weighted by atomic mass is 32.1. The van der Waals surface area contributed by atoms with Gasteiger partial charge in [-0.2, -0.15) is 5.10 Å². The molecular formula is C24H25N5O2S. The largest absolute Gasteiger partial charge is 0.345 e. The van der Waals surface area contributed by atoms with Crippen LogP contribution in [0.2, 0.25) is 0 Å². The number of carbonyl (C=O) groups is 2. The second kappa shape index (κ2) is 8.55. The lowest BCUT2D eigenvalue weighted by Gasteiger charge is -2.15. The molecule has 2 amide bonds. The number of aromatic nitrogens is 3. The average molecular weight is 448 g/mol. The van der Waals surface area contributed by atoms with Crippen LogP contribution in [-0.2, 0) is 0 Å². The van der Waals surface area contributed by atoms with Gasteiger partial charge in [-0.1, -0.05) is 12.1 Å². The van der Waals surface area contributed by atoms with Crippen molar-refractivity contribution >= 4 is 39.9 Å². The SMILES string of the molecule is Cc1ccc(-c2cc(C(=O)Nc3ccccc3C(=O)N(C)C)c3cnn(C(C)C)c3n2)s1. The summed E-state index contributed by atoms with van der Waals surface area (Å²) in [5.74, 6) is -0.489. The minimum Gasteiger partial charge on any atom is -0.345 e. The molecule has 7 nitrogen and oxygen atoms in total. The smallest absolute Gasteiger partial charge is 0.256 e. The standard InChI is InChI=1S/C24H25N5O2S/c1-14(2)29-22-18(13-25-29)17(12-20(26-22)21-11-10-15(3)32-21)23(30)27-19-9-7-6-8-16(19)24(31)28(4)5/h6-14H,1-5H3,(H,27,30). The first-order chi connectivity index (χ1) is 15.3. The molecule has 164 valence electrons. The van der Waals surface area contributed by atoms with E-state index >= 15 is 0 Å². The first kappa shape index (κ1) is 21.7. The van der Waals surface area contributed by atoms with Crippen molar-refractivity contribution < 1.29 is 9.59 Å². The molecule has 0 aliphatic heterocycles. The monoisotopic (exact) mass is 447 g/mol. The van der Waals surface area contributed by atoms with E-state index in [1.54, 1.807) is 62.0 Å². The number of pyridine rings is 1. The predicted octanol–water partition coefficient (Wildman–Crippen LogP) is 5.00. The second-order valence-electron chi connectivity index (χ2n) is 8.08. The van der Waals surface area contributed by atoms with E-state index in [-0.39, 0.29) is 17.9 Å². The molecule has 0 saturated heterocycles. The van der Waals surface area contributed by atoms with E-state index in [1.807, 2.05) is 37.6 Å². The summed E-state index contributed by atoms with van der Waals surface area (Å²) in [5.41, 5.74) is 2.75. The van der Waals surface area contributed by atoms with Crippen LogP contribution in [0.3, 0.4) is 0 Å². The molecule has 0 fully saturated rings. The molecule has 1 N–H and O–H groups in total. The summed E-state index contributed by atoms with van der Waals surface area (Å²) in [4.78, 5) is 34.5. The molecule has 0 aliphatic rings. The highest BCUT2D eigenvalue weighted by Crippen LogP contribution is 2.31. The van der Waals surface area contributed by atoms with Crippen molar-refractivity contribution in [3.05, 3.63) is 64.7 Å². The van der Waals surface area contributed by atoms with E-state index in [0.717, 1.165) is 10.6 Å². The Morgan fingerprint density at radius 1 is 1.09 bits per heavy atom. The van der Waals surface area contributed by atoms with Crippen LogP contribution in [0.5, 0.6) is 0 Å². The molecule has 3 aromatic heterocycles. The fraction of sp³-hybridized carbons (Fsp3) is 0.250. The molecule has 0 radical (unpaired) electrons. The maximum absolute atomic E-state index is 13.4. The summed E-state index contributed by atoms with van der Waals surface area (Å²) < 4.78 is 1.82.